The first kappa shape index (κ1) is 13.6. The number of nitrogens with one attached hydrogen (secondary N) is 3. The molecular formula is C18H21N3. The summed E-state index contributed by atoms with van der Waals surface area (Å²) >= 11 is 0. The van der Waals surface area contributed by atoms with Crippen molar-refractivity contribution in [1.29, 1.82) is 0 Å². The molecule has 1 aromatic rings. The molecule has 2 heterocycles. The largest absolute Gasteiger partial charge is 0.387 e. The predicted octanol–water partition coefficient (Wildman–Crippen LogP) is 3.13. The zero-order valence-electron chi connectivity index (χ0n) is 12.5. The summed E-state index contributed by atoms with van der Waals surface area (Å²) < 4.78 is 0. The van der Waals surface area contributed by atoms with E-state index in [2.05, 4.69) is 66.2 Å². The maximum atomic E-state index is 3.50. The maximum absolute atomic E-state index is 3.50. The fraction of sp³-hybridized carbons (Fsp3) is 0.222. The lowest BCUT2D eigenvalue weighted by atomic mass is 10.0. The summed E-state index contributed by atoms with van der Waals surface area (Å²) in [7, 11) is 0. The van der Waals surface area contributed by atoms with Gasteiger partial charge in [0.1, 0.15) is 5.82 Å². The summed E-state index contributed by atoms with van der Waals surface area (Å²) in [4.78, 5) is 0. The minimum Gasteiger partial charge on any atom is -0.387 e. The Morgan fingerprint density at radius 1 is 1.19 bits per heavy atom. The topological polar surface area (TPSA) is 36.1 Å². The van der Waals surface area contributed by atoms with E-state index in [-0.39, 0.29) is 0 Å². The van der Waals surface area contributed by atoms with Crippen LogP contribution in [0.1, 0.15) is 11.1 Å². The van der Waals surface area contributed by atoms with E-state index >= 15 is 0 Å². The molecule has 0 aliphatic carbocycles. The van der Waals surface area contributed by atoms with Crippen LogP contribution in [0.25, 0.3) is 0 Å². The van der Waals surface area contributed by atoms with E-state index in [1.807, 2.05) is 12.3 Å². The van der Waals surface area contributed by atoms with Gasteiger partial charge in [0.25, 0.3) is 0 Å². The lowest BCUT2D eigenvalue weighted by Crippen LogP contribution is -2.25. The van der Waals surface area contributed by atoms with Gasteiger partial charge in [0.2, 0.25) is 0 Å². The van der Waals surface area contributed by atoms with Crippen molar-refractivity contribution in [2.45, 2.75) is 13.8 Å². The van der Waals surface area contributed by atoms with Gasteiger partial charge in [0.15, 0.2) is 0 Å². The summed E-state index contributed by atoms with van der Waals surface area (Å²) in [6, 6.07) is 6.47. The first-order chi connectivity index (χ1) is 10.2. The van der Waals surface area contributed by atoms with Gasteiger partial charge in [0.05, 0.1) is 0 Å². The molecule has 2 aliphatic rings. The average Bonchev–Trinajstić information content (AvgIpc) is 2.52. The van der Waals surface area contributed by atoms with Crippen molar-refractivity contribution in [3.05, 3.63) is 76.8 Å². The van der Waals surface area contributed by atoms with Crippen molar-refractivity contribution in [3.8, 4) is 0 Å². The fourth-order valence-electron chi connectivity index (χ4n) is 2.51. The molecule has 0 spiro atoms. The molecule has 0 saturated heterocycles. The molecule has 3 heteroatoms. The van der Waals surface area contributed by atoms with Crippen LogP contribution in [0.15, 0.2) is 65.7 Å². The van der Waals surface area contributed by atoms with E-state index in [9.17, 15) is 0 Å². The number of dihydropyridines is 2. The Balaban J connectivity index is 1.81. The zero-order chi connectivity index (χ0) is 14.7. The smallest absolute Gasteiger partial charge is 0.104 e. The Morgan fingerprint density at radius 2 is 2.10 bits per heavy atom. The second-order valence-corrected chi connectivity index (χ2v) is 5.47. The van der Waals surface area contributed by atoms with Gasteiger partial charge in [-0.15, -0.1) is 0 Å². The number of anilines is 1. The molecule has 2 aliphatic heterocycles. The standard InChI is InChI=1S/C18H21N3/c1-13-5-6-14(2)17(10-13)21-18-11-15(7-9-20-18)16-4-3-8-19-12-16/h3-8,10-11,19-21H,9,12H2,1-2H3. The fourth-order valence-corrected chi connectivity index (χ4v) is 2.51. The molecule has 0 atom stereocenters. The molecule has 3 rings (SSSR count). The van der Waals surface area contributed by atoms with Crippen LogP contribution in [0, 0.1) is 13.8 Å². The number of aryl methyl sites for hydroxylation is 2. The van der Waals surface area contributed by atoms with Crippen LogP contribution in [0.2, 0.25) is 0 Å². The van der Waals surface area contributed by atoms with Crippen LogP contribution < -0.4 is 16.0 Å². The molecule has 0 aromatic heterocycles. The van der Waals surface area contributed by atoms with Gasteiger partial charge in [-0.2, -0.15) is 0 Å². The molecule has 1 aromatic carbocycles. The minimum atomic E-state index is 0.847. The third kappa shape index (κ3) is 3.19. The van der Waals surface area contributed by atoms with Gasteiger partial charge in [-0.25, -0.2) is 0 Å². The van der Waals surface area contributed by atoms with Crippen LogP contribution in [-0.4, -0.2) is 13.1 Å². The highest BCUT2D eigenvalue weighted by atomic mass is 15.1. The molecule has 0 unspecified atom stereocenters. The van der Waals surface area contributed by atoms with Crippen molar-refractivity contribution < 1.29 is 0 Å². The van der Waals surface area contributed by atoms with Gasteiger partial charge >= 0.3 is 0 Å². The summed E-state index contributed by atoms with van der Waals surface area (Å²) in [5, 5.41) is 10.1. The second kappa shape index (κ2) is 5.92. The van der Waals surface area contributed by atoms with E-state index in [4.69, 9.17) is 0 Å². The molecule has 108 valence electrons. The van der Waals surface area contributed by atoms with Gasteiger partial charge in [-0.1, -0.05) is 24.3 Å². The van der Waals surface area contributed by atoms with Crippen molar-refractivity contribution in [2.24, 2.45) is 0 Å². The van der Waals surface area contributed by atoms with Crippen LogP contribution >= 0.6 is 0 Å². The molecule has 3 nitrogen and oxygen atoms in total. The quantitative estimate of drug-likeness (QED) is 0.795. The minimum absolute atomic E-state index is 0.847. The monoisotopic (exact) mass is 279 g/mol. The predicted molar refractivity (Wildman–Crippen MR) is 88.9 cm³/mol. The summed E-state index contributed by atoms with van der Waals surface area (Å²) in [6.45, 7) is 5.97. The Bertz CT molecular complexity index is 663. The number of rotatable bonds is 3. The highest BCUT2D eigenvalue weighted by Crippen LogP contribution is 2.21. The van der Waals surface area contributed by atoms with Crippen molar-refractivity contribution in [2.75, 3.05) is 18.4 Å². The number of allylic oxidation sites excluding steroid dienone is 3. The molecule has 3 N–H and O–H groups in total. The molecule has 0 fully saturated rings. The summed E-state index contributed by atoms with van der Waals surface area (Å²) in [5.41, 5.74) is 6.27. The van der Waals surface area contributed by atoms with Crippen molar-refractivity contribution in [3.63, 3.8) is 0 Å². The molecule has 0 radical (unpaired) electrons. The highest BCUT2D eigenvalue weighted by Gasteiger charge is 2.10. The summed E-state index contributed by atoms with van der Waals surface area (Å²) in [5.74, 6) is 1.05. The van der Waals surface area contributed by atoms with Gasteiger partial charge in [-0.3, -0.25) is 0 Å². The first-order valence-electron chi connectivity index (χ1n) is 7.32. The Hall–Kier alpha value is -2.42. The normalized spacial score (nSPS) is 17.1. The van der Waals surface area contributed by atoms with Crippen LogP contribution in [-0.2, 0) is 0 Å². The number of hydrogen-bond acceptors (Lipinski definition) is 3. The van der Waals surface area contributed by atoms with Crippen molar-refractivity contribution >= 4 is 5.69 Å². The van der Waals surface area contributed by atoms with Crippen LogP contribution in [0.3, 0.4) is 0 Å². The molecule has 0 amide bonds. The van der Waals surface area contributed by atoms with E-state index in [0.29, 0.717) is 0 Å². The van der Waals surface area contributed by atoms with Gasteiger partial charge in [0, 0.05) is 18.8 Å². The first-order valence-corrected chi connectivity index (χ1v) is 7.32. The maximum Gasteiger partial charge on any atom is 0.104 e. The number of benzene rings is 1. The third-order valence-electron chi connectivity index (χ3n) is 3.75. The second-order valence-electron chi connectivity index (χ2n) is 5.47. The Labute approximate surface area is 126 Å². The average molecular weight is 279 g/mol. The van der Waals surface area contributed by atoms with Gasteiger partial charge < -0.3 is 16.0 Å². The van der Waals surface area contributed by atoms with E-state index in [1.54, 1.807) is 0 Å². The molecule has 0 bridgehead atoms. The van der Waals surface area contributed by atoms with Gasteiger partial charge in [-0.05, 0) is 60.5 Å². The molecular weight excluding hydrogens is 258 g/mol. The molecule has 0 saturated carbocycles. The van der Waals surface area contributed by atoms with Crippen LogP contribution in [0.5, 0.6) is 0 Å². The van der Waals surface area contributed by atoms with E-state index < -0.39 is 0 Å². The highest BCUT2D eigenvalue weighted by molar-refractivity contribution is 5.58. The van der Waals surface area contributed by atoms with Crippen LogP contribution in [0.4, 0.5) is 5.69 Å². The van der Waals surface area contributed by atoms with Crippen molar-refractivity contribution in [1.82, 2.24) is 10.6 Å². The van der Waals surface area contributed by atoms with E-state index in [1.165, 1.54) is 22.3 Å². The Morgan fingerprint density at radius 3 is 2.90 bits per heavy atom. The number of hydrogen-bond donors (Lipinski definition) is 3. The SMILES string of the molecule is Cc1ccc(C)c(NC2=CC(C3=CC=CNC3)=CCN2)c1. The Kier molecular flexibility index (Phi) is 3.82. The summed E-state index contributed by atoms with van der Waals surface area (Å²) in [6.07, 6.45) is 10.6. The lowest BCUT2D eigenvalue weighted by Gasteiger charge is -2.21. The zero-order valence-corrected chi connectivity index (χ0v) is 12.5. The van der Waals surface area contributed by atoms with E-state index in [0.717, 1.165) is 24.6 Å². The third-order valence-corrected chi connectivity index (χ3v) is 3.75. The lowest BCUT2D eigenvalue weighted by molar-refractivity contribution is 0.871. The molecule has 21 heavy (non-hydrogen) atoms.